The molecule has 2 aliphatic rings. The number of likely N-dealkylation sites (tertiary alicyclic amines) is 1. The molecule has 1 saturated heterocycles. The molecule has 0 bridgehead atoms. The van der Waals surface area contributed by atoms with Gasteiger partial charge in [0.1, 0.15) is 6.04 Å². The van der Waals surface area contributed by atoms with Crippen LogP contribution in [0.25, 0.3) is 0 Å². The van der Waals surface area contributed by atoms with Crippen molar-refractivity contribution in [2.75, 3.05) is 20.1 Å². The molecule has 0 spiro atoms. The van der Waals surface area contributed by atoms with Gasteiger partial charge in [-0.25, -0.2) is 0 Å². The van der Waals surface area contributed by atoms with Gasteiger partial charge in [0, 0.05) is 18.8 Å². The van der Waals surface area contributed by atoms with E-state index >= 15 is 0 Å². The molecule has 14 heavy (non-hydrogen) atoms. The normalized spacial score (nSPS) is 32.3. The van der Waals surface area contributed by atoms with Crippen LogP contribution in [-0.4, -0.2) is 47.4 Å². The first kappa shape index (κ1) is 9.83. The largest absolute Gasteiger partial charge is 0.353 e. The minimum absolute atomic E-state index is 0.0449. The SMILES string of the molecule is CC1CN=C(NC2CCN(C)C2=O)S1. The second-order valence-electron chi connectivity index (χ2n) is 3.82. The summed E-state index contributed by atoms with van der Waals surface area (Å²) in [7, 11) is 1.84. The van der Waals surface area contributed by atoms with Crippen LogP contribution in [0.15, 0.2) is 4.99 Å². The highest BCUT2D eigenvalue weighted by molar-refractivity contribution is 8.14. The van der Waals surface area contributed by atoms with Crippen LogP contribution in [0.4, 0.5) is 0 Å². The quantitative estimate of drug-likeness (QED) is 0.681. The summed E-state index contributed by atoms with van der Waals surface area (Å²) in [6.45, 7) is 3.86. The van der Waals surface area contributed by atoms with Gasteiger partial charge >= 0.3 is 0 Å². The molecular formula is C9H15N3OS. The van der Waals surface area contributed by atoms with Gasteiger partial charge in [-0.1, -0.05) is 18.7 Å². The molecule has 2 heterocycles. The Balaban J connectivity index is 1.90. The Kier molecular flexibility index (Phi) is 2.67. The van der Waals surface area contributed by atoms with Crippen LogP contribution in [0.1, 0.15) is 13.3 Å². The van der Waals surface area contributed by atoms with Crippen LogP contribution in [0.5, 0.6) is 0 Å². The molecule has 0 aromatic rings. The third-order valence-electron chi connectivity index (χ3n) is 2.53. The summed E-state index contributed by atoms with van der Waals surface area (Å²) in [6, 6.07) is -0.0449. The molecule has 0 radical (unpaired) electrons. The maximum Gasteiger partial charge on any atom is 0.244 e. The molecule has 0 aliphatic carbocycles. The number of thioether (sulfide) groups is 1. The highest BCUT2D eigenvalue weighted by Gasteiger charge is 2.30. The monoisotopic (exact) mass is 213 g/mol. The van der Waals surface area contributed by atoms with Gasteiger partial charge in [0.15, 0.2) is 5.17 Å². The molecule has 2 unspecified atom stereocenters. The van der Waals surface area contributed by atoms with Gasteiger partial charge in [-0.3, -0.25) is 9.79 Å². The molecule has 0 aromatic heterocycles. The summed E-state index contributed by atoms with van der Waals surface area (Å²) in [4.78, 5) is 17.7. The molecule has 0 saturated carbocycles. The number of likely N-dealkylation sites (N-methyl/N-ethyl adjacent to an activating group) is 1. The molecule has 0 aromatic carbocycles. The number of aliphatic imine (C=N–C) groups is 1. The van der Waals surface area contributed by atoms with Crippen LogP contribution < -0.4 is 5.32 Å². The highest BCUT2D eigenvalue weighted by Crippen LogP contribution is 2.20. The van der Waals surface area contributed by atoms with Crippen LogP contribution >= 0.6 is 11.8 Å². The van der Waals surface area contributed by atoms with Gasteiger partial charge in [-0.2, -0.15) is 0 Å². The fourth-order valence-electron chi connectivity index (χ4n) is 1.66. The number of carbonyl (C=O) groups excluding carboxylic acids is 1. The standard InChI is InChI=1S/C9H15N3OS/c1-6-5-10-9(14-6)11-7-3-4-12(2)8(7)13/h6-7H,3-5H2,1-2H3,(H,10,11). The third-order valence-corrected chi connectivity index (χ3v) is 3.55. The number of hydrogen-bond acceptors (Lipinski definition) is 4. The van der Waals surface area contributed by atoms with Gasteiger partial charge in [0.2, 0.25) is 5.91 Å². The van der Waals surface area contributed by atoms with E-state index in [0.717, 1.165) is 24.7 Å². The minimum atomic E-state index is -0.0449. The van der Waals surface area contributed by atoms with E-state index in [1.165, 1.54) is 0 Å². The van der Waals surface area contributed by atoms with Crippen molar-refractivity contribution in [1.29, 1.82) is 0 Å². The zero-order chi connectivity index (χ0) is 10.1. The first-order chi connectivity index (χ1) is 6.66. The van der Waals surface area contributed by atoms with Gasteiger partial charge in [0.25, 0.3) is 0 Å². The number of hydrogen-bond donors (Lipinski definition) is 1. The average Bonchev–Trinajstić information content (AvgIpc) is 2.67. The Hall–Kier alpha value is -0.710. The zero-order valence-corrected chi connectivity index (χ0v) is 9.30. The van der Waals surface area contributed by atoms with Gasteiger partial charge in [0.05, 0.1) is 6.54 Å². The summed E-state index contributed by atoms with van der Waals surface area (Å²) in [5.41, 5.74) is 0. The summed E-state index contributed by atoms with van der Waals surface area (Å²) in [6.07, 6.45) is 0.892. The van der Waals surface area contributed by atoms with Crippen LogP contribution in [0.2, 0.25) is 0 Å². The van der Waals surface area contributed by atoms with E-state index in [1.807, 2.05) is 7.05 Å². The van der Waals surface area contributed by atoms with Crippen molar-refractivity contribution in [3.05, 3.63) is 0 Å². The third kappa shape index (κ3) is 1.87. The fourth-order valence-corrected chi connectivity index (χ4v) is 2.55. The number of amidine groups is 1. The molecule has 5 heteroatoms. The topological polar surface area (TPSA) is 44.7 Å². The molecule has 2 rings (SSSR count). The van der Waals surface area contributed by atoms with Crippen LogP contribution in [0.3, 0.4) is 0 Å². The van der Waals surface area contributed by atoms with Crippen molar-refractivity contribution < 1.29 is 4.79 Å². The number of carbonyl (C=O) groups is 1. The van der Waals surface area contributed by atoms with Gasteiger partial charge in [-0.05, 0) is 6.42 Å². The lowest BCUT2D eigenvalue weighted by Gasteiger charge is -2.12. The van der Waals surface area contributed by atoms with E-state index in [2.05, 4.69) is 17.2 Å². The molecule has 78 valence electrons. The maximum absolute atomic E-state index is 11.6. The summed E-state index contributed by atoms with van der Waals surface area (Å²) in [5, 5.41) is 4.69. The smallest absolute Gasteiger partial charge is 0.244 e. The van der Waals surface area contributed by atoms with E-state index in [4.69, 9.17) is 0 Å². The Morgan fingerprint density at radius 3 is 2.93 bits per heavy atom. The van der Waals surface area contributed by atoms with Crippen molar-refractivity contribution in [3.8, 4) is 0 Å². The molecule has 1 amide bonds. The zero-order valence-electron chi connectivity index (χ0n) is 8.49. The van der Waals surface area contributed by atoms with E-state index in [0.29, 0.717) is 5.25 Å². The second-order valence-corrected chi connectivity index (χ2v) is 5.25. The molecular weight excluding hydrogens is 198 g/mol. The Morgan fingerprint density at radius 2 is 2.43 bits per heavy atom. The van der Waals surface area contributed by atoms with Crippen molar-refractivity contribution in [2.45, 2.75) is 24.6 Å². The predicted molar refractivity (Wildman–Crippen MR) is 58.5 cm³/mol. The maximum atomic E-state index is 11.6. The number of rotatable bonds is 1. The van der Waals surface area contributed by atoms with Crippen LogP contribution in [-0.2, 0) is 4.79 Å². The van der Waals surface area contributed by atoms with Crippen molar-refractivity contribution >= 4 is 22.8 Å². The molecule has 4 nitrogen and oxygen atoms in total. The Bertz CT molecular complexity index is 279. The van der Waals surface area contributed by atoms with Crippen molar-refractivity contribution in [1.82, 2.24) is 10.2 Å². The first-order valence-electron chi connectivity index (χ1n) is 4.89. The highest BCUT2D eigenvalue weighted by atomic mass is 32.2. The minimum Gasteiger partial charge on any atom is -0.353 e. The van der Waals surface area contributed by atoms with E-state index in [9.17, 15) is 4.79 Å². The molecule has 1 N–H and O–H groups in total. The first-order valence-corrected chi connectivity index (χ1v) is 5.77. The molecule has 2 atom stereocenters. The second kappa shape index (κ2) is 3.81. The lowest BCUT2D eigenvalue weighted by atomic mass is 10.2. The Morgan fingerprint density at radius 1 is 1.64 bits per heavy atom. The summed E-state index contributed by atoms with van der Waals surface area (Å²) in [5.74, 6) is 0.188. The van der Waals surface area contributed by atoms with Crippen molar-refractivity contribution in [3.63, 3.8) is 0 Å². The van der Waals surface area contributed by atoms with E-state index < -0.39 is 0 Å². The fraction of sp³-hybridized carbons (Fsp3) is 0.778. The van der Waals surface area contributed by atoms with Crippen LogP contribution in [0, 0.1) is 0 Å². The molecule has 1 fully saturated rings. The number of nitrogens with one attached hydrogen (secondary N) is 1. The predicted octanol–water partition coefficient (Wildman–Crippen LogP) is 0.298. The van der Waals surface area contributed by atoms with Gasteiger partial charge in [-0.15, -0.1) is 0 Å². The average molecular weight is 213 g/mol. The number of amides is 1. The Labute approximate surface area is 88.1 Å². The summed E-state index contributed by atoms with van der Waals surface area (Å²) >= 11 is 1.72. The number of nitrogens with zero attached hydrogens (tertiary/aromatic N) is 2. The van der Waals surface area contributed by atoms with Gasteiger partial charge < -0.3 is 10.2 Å². The van der Waals surface area contributed by atoms with Crippen molar-refractivity contribution in [2.24, 2.45) is 4.99 Å². The summed E-state index contributed by atoms with van der Waals surface area (Å²) < 4.78 is 0. The lowest BCUT2D eigenvalue weighted by molar-refractivity contribution is -0.127. The lowest BCUT2D eigenvalue weighted by Crippen LogP contribution is -2.39. The molecule has 2 aliphatic heterocycles. The van der Waals surface area contributed by atoms with E-state index in [1.54, 1.807) is 16.7 Å². The van der Waals surface area contributed by atoms with E-state index in [-0.39, 0.29) is 11.9 Å².